The fourth-order valence-corrected chi connectivity index (χ4v) is 2.60. The smallest absolute Gasteiger partial charge is 0.416 e. The Balaban J connectivity index is 1.96. The third kappa shape index (κ3) is 4.83. The number of aromatic nitrogens is 2. The summed E-state index contributed by atoms with van der Waals surface area (Å²) in [5.41, 5.74) is -0.290. The molecule has 0 unspecified atom stereocenters. The zero-order valence-electron chi connectivity index (χ0n) is 15.8. The second-order valence-corrected chi connectivity index (χ2v) is 6.24. The zero-order chi connectivity index (χ0) is 21.9. The predicted molar refractivity (Wildman–Crippen MR) is 102 cm³/mol. The third-order valence-electron chi connectivity index (χ3n) is 4.13. The van der Waals surface area contributed by atoms with E-state index in [-0.39, 0.29) is 22.9 Å². The van der Waals surface area contributed by atoms with Crippen LogP contribution >= 0.6 is 0 Å². The van der Waals surface area contributed by atoms with Gasteiger partial charge < -0.3 is 15.4 Å². The van der Waals surface area contributed by atoms with E-state index in [1.807, 2.05) is 0 Å². The number of rotatable bonds is 5. The molecule has 10 heteroatoms. The standard InChI is InChI=1S/C20H16F4N4O2/c1-11-7-13(21)4-6-15(11)27-16-8-12(20(22,23)24)3-5-14(16)19(29)28-17-9-26-18(30-2)10-25-17/h3-10,27H,1-2H3,(H,25,28,29). The highest BCUT2D eigenvalue weighted by Crippen LogP contribution is 2.34. The van der Waals surface area contributed by atoms with Gasteiger partial charge in [-0.25, -0.2) is 14.4 Å². The van der Waals surface area contributed by atoms with E-state index >= 15 is 0 Å². The highest BCUT2D eigenvalue weighted by molar-refractivity contribution is 6.08. The van der Waals surface area contributed by atoms with Crippen molar-refractivity contribution in [3.63, 3.8) is 0 Å². The highest BCUT2D eigenvalue weighted by atomic mass is 19.4. The SMILES string of the molecule is COc1cnc(NC(=O)c2ccc(C(F)(F)F)cc2Nc2ccc(F)cc2C)cn1. The molecule has 0 aliphatic carbocycles. The van der Waals surface area contributed by atoms with E-state index in [0.29, 0.717) is 11.3 Å². The summed E-state index contributed by atoms with van der Waals surface area (Å²) in [6, 6.07) is 6.44. The van der Waals surface area contributed by atoms with Crippen LogP contribution in [0.2, 0.25) is 0 Å². The van der Waals surface area contributed by atoms with Crippen molar-refractivity contribution in [2.75, 3.05) is 17.7 Å². The number of ether oxygens (including phenoxy) is 1. The zero-order valence-corrected chi connectivity index (χ0v) is 15.8. The van der Waals surface area contributed by atoms with E-state index in [2.05, 4.69) is 20.6 Å². The third-order valence-corrected chi connectivity index (χ3v) is 4.13. The molecule has 1 aromatic heterocycles. The number of benzene rings is 2. The summed E-state index contributed by atoms with van der Waals surface area (Å²) in [6.45, 7) is 1.59. The number of nitrogens with one attached hydrogen (secondary N) is 2. The van der Waals surface area contributed by atoms with Gasteiger partial charge in [0.05, 0.1) is 36.3 Å². The first kappa shape index (κ1) is 21.0. The number of carbonyl (C=O) groups excluding carboxylic acids is 1. The van der Waals surface area contributed by atoms with Crippen molar-refractivity contribution in [2.24, 2.45) is 0 Å². The number of alkyl halides is 3. The molecule has 30 heavy (non-hydrogen) atoms. The lowest BCUT2D eigenvalue weighted by Gasteiger charge is -2.16. The lowest BCUT2D eigenvalue weighted by Crippen LogP contribution is -2.16. The van der Waals surface area contributed by atoms with Gasteiger partial charge in [0, 0.05) is 5.69 Å². The summed E-state index contributed by atoms with van der Waals surface area (Å²) in [6.07, 6.45) is -2.08. The Kier molecular flexibility index (Phi) is 5.86. The average molecular weight is 420 g/mol. The monoisotopic (exact) mass is 420 g/mol. The predicted octanol–water partition coefficient (Wildman–Crippen LogP) is 4.95. The number of nitrogens with zero attached hydrogens (tertiary/aromatic N) is 2. The normalized spacial score (nSPS) is 11.1. The highest BCUT2D eigenvalue weighted by Gasteiger charge is 2.31. The molecule has 0 aliphatic heterocycles. The molecule has 0 saturated heterocycles. The van der Waals surface area contributed by atoms with Crippen LogP contribution in [0.25, 0.3) is 0 Å². The Hall–Kier alpha value is -3.69. The van der Waals surface area contributed by atoms with Crippen LogP contribution in [0.3, 0.4) is 0 Å². The van der Waals surface area contributed by atoms with Gasteiger partial charge in [-0.05, 0) is 48.9 Å². The van der Waals surface area contributed by atoms with Crippen LogP contribution in [0.15, 0.2) is 48.8 Å². The minimum absolute atomic E-state index is 0.0654. The van der Waals surface area contributed by atoms with Gasteiger partial charge >= 0.3 is 6.18 Å². The first-order valence-corrected chi connectivity index (χ1v) is 8.59. The van der Waals surface area contributed by atoms with Crippen LogP contribution in [0.5, 0.6) is 5.88 Å². The Morgan fingerprint density at radius 1 is 1.03 bits per heavy atom. The molecule has 156 valence electrons. The van der Waals surface area contributed by atoms with Gasteiger partial charge in [0.2, 0.25) is 5.88 Å². The van der Waals surface area contributed by atoms with Crippen molar-refractivity contribution in [2.45, 2.75) is 13.1 Å². The molecule has 0 saturated carbocycles. The molecule has 0 spiro atoms. The number of aryl methyl sites for hydroxylation is 1. The van der Waals surface area contributed by atoms with Crippen LogP contribution in [0.4, 0.5) is 34.8 Å². The lowest BCUT2D eigenvalue weighted by molar-refractivity contribution is -0.137. The van der Waals surface area contributed by atoms with Crippen molar-refractivity contribution >= 4 is 23.1 Å². The molecular weight excluding hydrogens is 404 g/mol. The van der Waals surface area contributed by atoms with Crippen molar-refractivity contribution < 1.29 is 27.1 Å². The van der Waals surface area contributed by atoms with Crippen molar-refractivity contribution in [1.29, 1.82) is 0 Å². The van der Waals surface area contributed by atoms with Gasteiger partial charge in [0.15, 0.2) is 5.82 Å². The van der Waals surface area contributed by atoms with E-state index in [4.69, 9.17) is 4.74 Å². The van der Waals surface area contributed by atoms with Gasteiger partial charge in [0.25, 0.3) is 5.91 Å². The second kappa shape index (κ2) is 8.36. The molecule has 1 amide bonds. The Bertz CT molecular complexity index is 1070. The summed E-state index contributed by atoms with van der Waals surface area (Å²) in [5.74, 6) is -0.870. The van der Waals surface area contributed by atoms with E-state index < -0.39 is 23.5 Å². The maximum absolute atomic E-state index is 13.3. The summed E-state index contributed by atoms with van der Waals surface area (Å²) in [7, 11) is 1.40. The van der Waals surface area contributed by atoms with E-state index in [9.17, 15) is 22.4 Å². The molecule has 6 nitrogen and oxygen atoms in total. The van der Waals surface area contributed by atoms with E-state index in [1.165, 1.54) is 31.6 Å². The first-order chi connectivity index (χ1) is 14.2. The number of halogens is 4. The van der Waals surface area contributed by atoms with Crippen LogP contribution < -0.4 is 15.4 Å². The topological polar surface area (TPSA) is 76.1 Å². The van der Waals surface area contributed by atoms with E-state index in [0.717, 1.165) is 24.3 Å². The maximum atomic E-state index is 13.3. The van der Waals surface area contributed by atoms with Crippen molar-refractivity contribution in [3.8, 4) is 5.88 Å². The summed E-state index contributed by atoms with van der Waals surface area (Å²) in [5, 5.41) is 5.25. The number of hydrogen-bond donors (Lipinski definition) is 2. The molecule has 0 atom stereocenters. The fourth-order valence-electron chi connectivity index (χ4n) is 2.60. The van der Waals surface area contributed by atoms with Gasteiger partial charge in [-0.15, -0.1) is 0 Å². The minimum Gasteiger partial charge on any atom is -0.480 e. The van der Waals surface area contributed by atoms with Crippen LogP contribution in [0.1, 0.15) is 21.5 Å². The number of carbonyl (C=O) groups is 1. The Morgan fingerprint density at radius 2 is 1.80 bits per heavy atom. The minimum atomic E-state index is -4.61. The van der Waals surface area contributed by atoms with Gasteiger partial charge in [-0.1, -0.05) is 0 Å². The molecule has 1 heterocycles. The van der Waals surface area contributed by atoms with Gasteiger partial charge in [-0.3, -0.25) is 4.79 Å². The molecule has 3 rings (SSSR count). The van der Waals surface area contributed by atoms with Crippen molar-refractivity contribution in [3.05, 3.63) is 71.3 Å². The molecule has 3 aromatic rings. The lowest BCUT2D eigenvalue weighted by atomic mass is 10.1. The van der Waals surface area contributed by atoms with Gasteiger partial charge in [0.1, 0.15) is 5.82 Å². The quantitative estimate of drug-likeness (QED) is 0.572. The van der Waals surface area contributed by atoms with E-state index in [1.54, 1.807) is 6.92 Å². The second-order valence-electron chi connectivity index (χ2n) is 6.24. The molecular formula is C20H16F4N4O2. The number of amides is 1. The molecule has 0 bridgehead atoms. The van der Waals surface area contributed by atoms with Crippen LogP contribution in [0, 0.1) is 12.7 Å². The molecule has 2 N–H and O–H groups in total. The van der Waals surface area contributed by atoms with Crippen LogP contribution in [-0.4, -0.2) is 23.0 Å². The Labute approximate surface area is 168 Å². The number of anilines is 3. The number of hydrogen-bond acceptors (Lipinski definition) is 5. The molecule has 0 aliphatic rings. The molecule has 2 aromatic carbocycles. The summed E-state index contributed by atoms with van der Waals surface area (Å²) < 4.78 is 57.8. The Morgan fingerprint density at radius 3 is 2.40 bits per heavy atom. The molecule has 0 fully saturated rings. The number of methoxy groups -OCH3 is 1. The summed E-state index contributed by atoms with van der Waals surface area (Å²) in [4.78, 5) is 20.5. The molecule has 0 radical (unpaired) electrons. The first-order valence-electron chi connectivity index (χ1n) is 8.59. The van der Waals surface area contributed by atoms with Crippen molar-refractivity contribution in [1.82, 2.24) is 9.97 Å². The average Bonchev–Trinajstić information content (AvgIpc) is 2.70. The van der Waals surface area contributed by atoms with Gasteiger partial charge in [-0.2, -0.15) is 13.2 Å². The maximum Gasteiger partial charge on any atom is 0.416 e. The summed E-state index contributed by atoms with van der Waals surface area (Å²) >= 11 is 0. The van der Waals surface area contributed by atoms with Crippen LogP contribution in [-0.2, 0) is 6.18 Å². The fraction of sp³-hybridized carbons (Fsp3) is 0.150. The largest absolute Gasteiger partial charge is 0.480 e.